The van der Waals surface area contributed by atoms with Crippen LogP contribution >= 0.6 is 11.6 Å². The van der Waals surface area contributed by atoms with Gasteiger partial charge in [-0.1, -0.05) is 6.42 Å². The van der Waals surface area contributed by atoms with E-state index in [-0.39, 0.29) is 0 Å². The Morgan fingerprint density at radius 2 is 2.21 bits per heavy atom. The lowest BCUT2D eigenvalue weighted by Crippen LogP contribution is -2.26. The molecule has 0 bridgehead atoms. The minimum atomic E-state index is 0.771. The highest BCUT2D eigenvalue weighted by Crippen LogP contribution is 2.13. The predicted molar refractivity (Wildman–Crippen MR) is 61.0 cm³/mol. The Balaban J connectivity index is 1.95. The second-order valence-corrected chi connectivity index (χ2v) is 4.62. The van der Waals surface area contributed by atoms with Crippen LogP contribution in [0, 0.1) is 5.92 Å². The molecule has 1 fully saturated rings. The molecule has 1 aliphatic heterocycles. The largest absolute Gasteiger partial charge is 0.381 e. The summed E-state index contributed by atoms with van der Waals surface area (Å²) in [5.74, 6) is 1.58. The molecule has 1 saturated heterocycles. The van der Waals surface area contributed by atoms with Crippen molar-refractivity contribution in [3.63, 3.8) is 0 Å². The van der Waals surface area contributed by atoms with E-state index in [1.807, 2.05) is 0 Å². The van der Waals surface area contributed by atoms with Crippen LogP contribution in [0.4, 0.5) is 0 Å². The normalized spacial score (nSPS) is 22.1. The fourth-order valence-corrected chi connectivity index (χ4v) is 2.10. The molecule has 0 aromatic carbocycles. The Morgan fingerprint density at radius 1 is 1.36 bits per heavy atom. The molecule has 0 aromatic heterocycles. The third-order valence-corrected chi connectivity index (χ3v) is 3.03. The lowest BCUT2D eigenvalue weighted by atomic mass is 10.1. The summed E-state index contributed by atoms with van der Waals surface area (Å²) in [4.78, 5) is 2.42. The van der Waals surface area contributed by atoms with Crippen molar-refractivity contribution < 1.29 is 4.74 Å². The maximum Gasteiger partial charge on any atom is 0.0507 e. The Labute approximate surface area is 92.6 Å². The minimum absolute atomic E-state index is 0.771. The van der Waals surface area contributed by atoms with Crippen molar-refractivity contribution >= 4 is 11.6 Å². The van der Waals surface area contributed by atoms with Crippen molar-refractivity contribution in [2.45, 2.75) is 25.7 Å². The van der Waals surface area contributed by atoms with E-state index in [1.165, 1.54) is 32.4 Å². The maximum absolute atomic E-state index is 5.62. The standard InChI is InChI=1S/C11H22ClNO/c1-13(7-4-2-3-6-12)9-11-5-8-14-10-11/h11H,2-10H2,1H3. The molecule has 0 N–H and O–H groups in total. The average Bonchev–Trinajstić information content (AvgIpc) is 2.65. The third kappa shape index (κ3) is 5.18. The van der Waals surface area contributed by atoms with Gasteiger partial charge in [-0.05, 0) is 38.8 Å². The van der Waals surface area contributed by atoms with E-state index in [9.17, 15) is 0 Å². The number of halogens is 1. The SMILES string of the molecule is CN(CCCCCCl)CC1CCOC1. The summed E-state index contributed by atoms with van der Waals surface area (Å²) in [7, 11) is 2.21. The van der Waals surface area contributed by atoms with Crippen molar-refractivity contribution in [3.8, 4) is 0 Å². The summed E-state index contributed by atoms with van der Waals surface area (Å²) in [6.45, 7) is 4.32. The monoisotopic (exact) mass is 219 g/mol. The first-order valence-electron chi connectivity index (χ1n) is 5.65. The fraction of sp³-hybridized carbons (Fsp3) is 1.00. The molecule has 2 nitrogen and oxygen atoms in total. The van der Waals surface area contributed by atoms with Crippen molar-refractivity contribution in [1.82, 2.24) is 4.90 Å². The predicted octanol–water partition coefficient (Wildman–Crippen LogP) is 2.36. The molecule has 0 radical (unpaired) electrons. The van der Waals surface area contributed by atoms with Crippen LogP contribution < -0.4 is 0 Å². The van der Waals surface area contributed by atoms with E-state index in [2.05, 4.69) is 11.9 Å². The zero-order valence-corrected chi connectivity index (χ0v) is 9.93. The van der Waals surface area contributed by atoms with Crippen LogP contribution in [0.5, 0.6) is 0 Å². The van der Waals surface area contributed by atoms with Crippen LogP contribution in [-0.2, 0) is 4.74 Å². The molecular weight excluding hydrogens is 198 g/mol. The zero-order chi connectivity index (χ0) is 10.2. The van der Waals surface area contributed by atoms with Gasteiger partial charge in [-0.25, -0.2) is 0 Å². The summed E-state index contributed by atoms with van der Waals surface area (Å²) >= 11 is 5.62. The summed E-state index contributed by atoms with van der Waals surface area (Å²) in [5, 5.41) is 0. The number of alkyl halides is 1. The summed E-state index contributed by atoms with van der Waals surface area (Å²) in [5.41, 5.74) is 0. The van der Waals surface area contributed by atoms with Crippen LogP contribution in [0.3, 0.4) is 0 Å². The molecule has 1 aliphatic rings. The van der Waals surface area contributed by atoms with Crippen LogP contribution in [0.25, 0.3) is 0 Å². The van der Waals surface area contributed by atoms with Gasteiger partial charge in [0.1, 0.15) is 0 Å². The second kappa shape index (κ2) is 7.49. The van der Waals surface area contributed by atoms with Gasteiger partial charge in [0, 0.05) is 19.0 Å². The Hall–Kier alpha value is 0.210. The molecule has 1 atom stereocenters. The molecule has 3 heteroatoms. The summed E-state index contributed by atoms with van der Waals surface area (Å²) in [6.07, 6.45) is 4.93. The number of rotatable bonds is 7. The smallest absolute Gasteiger partial charge is 0.0507 e. The van der Waals surface area contributed by atoms with Crippen LogP contribution in [-0.4, -0.2) is 44.1 Å². The lowest BCUT2D eigenvalue weighted by Gasteiger charge is -2.19. The molecule has 0 spiro atoms. The second-order valence-electron chi connectivity index (χ2n) is 4.24. The number of nitrogens with zero attached hydrogens (tertiary/aromatic N) is 1. The molecule has 1 heterocycles. The highest BCUT2D eigenvalue weighted by molar-refractivity contribution is 6.17. The first kappa shape index (κ1) is 12.3. The summed E-state index contributed by atoms with van der Waals surface area (Å²) in [6, 6.07) is 0. The van der Waals surface area contributed by atoms with Gasteiger partial charge in [-0.3, -0.25) is 0 Å². The number of ether oxygens (including phenoxy) is 1. The van der Waals surface area contributed by atoms with E-state index < -0.39 is 0 Å². The quantitative estimate of drug-likeness (QED) is 0.482. The van der Waals surface area contributed by atoms with E-state index in [4.69, 9.17) is 16.3 Å². The minimum Gasteiger partial charge on any atom is -0.381 e. The molecular formula is C11H22ClNO. The molecule has 0 aromatic rings. The Morgan fingerprint density at radius 3 is 2.86 bits per heavy atom. The van der Waals surface area contributed by atoms with Gasteiger partial charge in [-0.15, -0.1) is 11.6 Å². The van der Waals surface area contributed by atoms with Crippen molar-refractivity contribution in [1.29, 1.82) is 0 Å². The lowest BCUT2D eigenvalue weighted by molar-refractivity contribution is 0.173. The van der Waals surface area contributed by atoms with Crippen molar-refractivity contribution in [3.05, 3.63) is 0 Å². The maximum atomic E-state index is 5.62. The zero-order valence-electron chi connectivity index (χ0n) is 9.17. The Kier molecular flexibility index (Phi) is 6.57. The van der Waals surface area contributed by atoms with Gasteiger partial charge in [0.25, 0.3) is 0 Å². The number of unbranched alkanes of at least 4 members (excludes halogenated alkanes) is 2. The molecule has 1 rings (SSSR count). The van der Waals surface area contributed by atoms with Gasteiger partial charge in [-0.2, -0.15) is 0 Å². The van der Waals surface area contributed by atoms with Gasteiger partial charge in [0.05, 0.1) is 6.61 Å². The number of hydrogen-bond donors (Lipinski definition) is 0. The fourth-order valence-electron chi connectivity index (χ4n) is 1.91. The van der Waals surface area contributed by atoms with E-state index >= 15 is 0 Å². The topological polar surface area (TPSA) is 12.5 Å². The van der Waals surface area contributed by atoms with Gasteiger partial charge < -0.3 is 9.64 Å². The van der Waals surface area contributed by atoms with E-state index in [0.29, 0.717) is 0 Å². The molecule has 1 unspecified atom stereocenters. The van der Waals surface area contributed by atoms with Gasteiger partial charge in [0.2, 0.25) is 0 Å². The van der Waals surface area contributed by atoms with E-state index in [0.717, 1.165) is 31.4 Å². The molecule has 0 aliphatic carbocycles. The van der Waals surface area contributed by atoms with Gasteiger partial charge in [0.15, 0.2) is 0 Å². The van der Waals surface area contributed by atoms with Gasteiger partial charge >= 0.3 is 0 Å². The molecule has 14 heavy (non-hydrogen) atoms. The first-order valence-corrected chi connectivity index (χ1v) is 6.18. The average molecular weight is 220 g/mol. The highest BCUT2D eigenvalue weighted by atomic mass is 35.5. The van der Waals surface area contributed by atoms with Crippen LogP contribution in [0.1, 0.15) is 25.7 Å². The number of hydrogen-bond acceptors (Lipinski definition) is 2. The van der Waals surface area contributed by atoms with Crippen LogP contribution in [0.2, 0.25) is 0 Å². The molecule has 0 saturated carbocycles. The van der Waals surface area contributed by atoms with Crippen molar-refractivity contribution in [2.75, 3.05) is 39.2 Å². The third-order valence-electron chi connectivity index (χ3n) is 2.77. The highest BCUT2D eigenvalue weighted by Gasteiger charge is 2.16. The Bertz CT molecular complexity index is 137. The molecule has 84 valence electrons. The van der Waals surface area contributed by atoms with Crippen molar-refractivity contribution in [2.24, 2.45) is 5.92 Å². The van der Waals surface area contributed by atoms with Crippen LogP contribution in [0.15, 0.2) is 0 Å². The molecule has 0 amide bonds. The first-order chi connectivity index (χ1) is 6.83. The van der Waals surface area contributed by atoms with E-state index in [1.54, 1.807) is 0 Å². The summed E-state index contributed by atoms with van der Waals surface area (Å²) < 4.78 is 5.36.